The summed E-state index contributed by atoms with van der Waals surface area (Å²) in [6, 6.07) is 11.6. The van der Waals surface area contributed by atoms with E-state index in [1.807, 2.05) is 0 Å². The second-order valence-corrected chi connectivity index (χ2v) is 6.05. The zero-order chi connectivity index (χ0) is 18.0. The first-order valence-electron chi connectivity index (χ1n) is 7.93. The second-order valence-electron chi connectivity index (χ2n) is 6.05. The van der Waals surface area contributed by atoms with Gasteiger partial charge < -0.3 is 16.0 Å². The van der Waals surface area contributed by atoms with E-state index >= 15 is 0 Å². The lowest BCUT2D eigenvalue weighted by Crippen LogP contribution is -2.32. The summed E-state index contributed by atoms with van der Waals surface area (Å²) in [5, 5.41) is 2.92. The first kappa shape index (κ1) is 20.1. The fraction of sp³-hybridized carbons (Fsp3) is 0.278. The summed E-state index contributed by atoms with van der Waals surface area (Å²) < 4.78 is 38.6. The minimum Gasteiger partial charge on any atom is -0.355 e. The van der Waals surface area contributed by atoms with Crippen molar-refractivity contribution in [2.24, 2.45) is 5.73 Å². The summed E-state index contributed by atoms with van der Waals surface area (Å²) >= 11 is 0. The quantitative estimate of drug-likeness (QED) is 0.838. The van der Waals surface area contributed by atoms with Gasteiger partial charge in [0.25, 0.3) is 5.91 Å². The molecule has 8 heteroatoms. The highest BCUT2D eigenvalue weighted by Crippen LogP contribution is 2.32. The van der Waals surface area contributed by atoms with Crippen LogP contribution in [0.5, 0.6) is 0 Å². The SMILES string of the molecule is Cl.N[C@@H]1CCN(C(=O)c2ccccc2Nc2cccc(C(F)(F)F)c2)C1. The number of nitrogens with one attached hydrogen (secondary N) is 1. The zero-order valence-corrected chi connectivity index (χ0v) is 14.6. The zero-order valence-electron chi connectivity index (χ0n) is 13.8. The first-order chi connectivity index (χ1) is 11.8. The van der Waals surface area contributed by atoms with Crippen molar-refractivity contribution >= 4 is 29.7 Å². The number of hydrogen-bond donors (Lipinski definition) is 2. The van der Waals surface area contributed by atoms with Gasteiger partial charge in [-0.05, 0) is 36.8 Å². The Kier molecular flexibility index (Phi) is 6.15. The number of likely N-dealkylation sites (tertiary alicyclic amines) is 1. The molecular weight excluding hydrogens is 367 g/mol. The largest absolute Gasteiger partial charge is 0.416 e. The topological polar surface area (TPSA) is 58.4 Å². The van der Waals surface area contributed by atoms with Crippen LogP contribution in [0.2, 0.25) is 0 Å². The molecule has 1 heterocycles. The molecule has 0 aromatic heterocycles. The van der Waals surface area contributed by atoms with Gasteiger partial charge in [-0.3, -0.25) is 4.79 Å². The van der Waals surface area contributed by atoms with Crippen molar-refractivity contribution in [2.75, 3.05) is 18.4 Å². The number of alkyl halides is 3. The molecule has 1 saturated heterocycles. The predicted octanol–water partition coefficient (Wildman–Crippen LogP) is 4.04. The van der Waals surface area contributed by atoms with Crippen molar-refractivity contribution < 1.29 is 18.0 Å². The second kappa shape index (κ2) is 7.97. The van der Waals surface area contributed by atoms with Crippen LogP contribution in [-0.4, -0.2) is 29.9 Å². The lowest BCUT2D eigenvalue weighted by molar-refractivity contribution is -0.137. The predicted molar refractivity (Wildman–Crippen MR) is 96.9 cm³/mol. The monoisotopic (exact) mass is 385 g/mol. The van der Waals surface area contributed by atoms with Gasteiger partial charge in [0.1, 0.15) is 0 Å². The number of nitrogens with two attached hydrogens (primary N) is 1. The Morgan fingerprint density at radius 1 is 1.15 bits per heavy atom. The Balaban J connectivity index is 0.00000243. The number of halogens is 4. The highest BCUT2D eigenvalue weighted by molar-refractivity contribution is 6.00. The summed E-state index contributed by atoms with van der Waals surface area (Å²) in [5.74, 6) is -0.178. The number of para-hydroxylation sites is 1. The van der Waals surface area contributed by atoms with E-state index in [9.17, 15) is 18.0 Å². The molecule has 1 aliphatic heterocycles. The average Bonchev–Trinajstić information content (AvgIpc) is 3.01. The Hall–Kier alpha value is -2.25. The fourth-order valence-corrected chi connectivity index (χ4v) is 2.85. The van der Waals surface area contributed by atoms with E-state index in [1.54, 1.807) is 29.2 Å². The minimum atomic E-state index is -4.42. The molecule has 0 bridgehead atoms. The maximum atomic E-state index is 12.9. The van der Waals surface area contributed by atoms with Crippen molar-refractivity contribution in [3.63, 3.8) is 0 Å². The Bertz CT molecular complexity index is 782. The summed E-state index contributed by atoms with van der Waals surface area (Å²) in [5.41, 5.74) is 6.25. The van der Waals surface area contributed by atoms with Gasteiger partial charge in [0, 0.05) is 24.8 Å². The summed E-state index contributed by atoms with van der Waals surface area (Å²) in [6.07, 6.45) is -3.67. The molecule has 0 saturated carbocycles. The summed E-state index contributed by atoms with van der Waals surface area (Å²) in [4.78, 5) is 14.3. The standard InChI is InChI=1S/C18H18F3N3O.ClH/c19-18(20,21)12-4-3-5-14(10-12)23-16-7-2-1-6-15(16)17(25)24-9-8-13(22)11-24;/h1-7,10,13,23H,8-9,11,22H2;1H/t13-;/m1./s1. The van der Waals surface area contributed by atoms with Crippen molar-refractivity contribution in [3.8, 4) is 0 Å². The lowest BCUT2D eigenvalue weighted by atomic mass is 10.1. The van der Waals surface area contributed by atoms with Crippen LogP contribution in [0.4, 0.5) is 24.5 Å². The molecule has 0 radical (unpaired) electrons. The molecule has 2 aromatic rings. The number of carbonyl (C=O) groups excluding carboxylic acids is 1. The molecule has 140 valence electrons. The normalized spacial score (nSPS) is 16.9. The van der Waals surface area contributed by atoms with Gasteiger partial charge in [0.15, 0.2) is 0 Å². The Labute approximate surface area is 155 Å². The molecular formula is C18H19ClF3N3O. The van der Waals surface area contributed by atoms with Crippen LogP contribution in [0.3, 0.4) is 0 Å². The smallest absolute Gasteiger partial charge is 0.355 e. The molecule has 1 fully saturated rings. The van der Waals surface area contributed by atoms with E-state index < -0.39 is 11.7 Å². The van der Waals surface area contributed by atoms with Gasteiger partial charge in [-0.15, -0.1) is 12.4 Å². The van der Waals surface area contributed by atoms with E-state index in [4.69, 9.17) is 5.73 Å². The number of amides is 1. The van der Waals surface area contributed by atoms with Gasteiger partial charge in [0.2, 0.25) is 0 Å². The first-order valence-corrected chi connectivity index (χ1v) is 7.93. The van der Waals surface area contributed by atoms with Gasteiger partial charge in [0.05, 0.1) is 16.8 Å². The number of nitrogens with zero attached hydrogens (tertiary/aromatic N) is 1. The average molecular weight is 386 g/mol. The maximum Gasteiger partial charge on any atom is 0.416 e. The third-order valence-corrected chi connectivity index (χ3v) is 4.14. The van der Waals surface area contributed by atoms with Crippen molar-refractivity contribution in [2.45, 2.75) is 18.6 Å². The molecule has 1 amide bonds. The number of rotatable bonds is 3. The van der Waals surface area contributed by atoms with Gasteiger partial charge in [-0.1, -0.05) is 18.2 Å². The molecule has 1 aliphatic rings. The van der Waals surface area contributed by atoms with Crippen LogP contribution < -0.4 is 11.1 Å². The Morgan fingerprint density at radius 2 is 1.88 bits per heavy atom. The number of anilines is 2. The molecule has 0 unspecified atom stereocenters. The third-order valence-electron chi connectivity index (χ3n) is 4.14. The summed E-state index contributed by atoms with van der Waals surface area (Å²) in [6.45, 7) is 1.06. The fourth-order valence-electron chi connectivity index (χ4n) is 2.85. The molecule has 3 rings (SSSR count). The van der Waals surface area contributed by atoms with Crippen molar-refractivity contribution in [1.82, 2.24) is 4.90 Å². The van der Waals surface area contributed by atoms with E-state index in [1.165, 1.54) is 12.1 Å². The Morgan fingerprint density at radius 3 is 2.54 bits per heavy atom. The van der Waals surface area contributed by atoms with Crippen LogP contribution in [0, 0.1) is 0 Å². The van der Waals surface area contributed by atoms with Crippen LogP contribution in [0.15, 0.2) is 48.5 Å². The molecule has 3 N–H and O–H groups in total. The van der Waals surface area contributed by atoms with Crippen molar-refractivity contribution in [3.05, 3.63) is 59.7 Å². The number of carbonyl (C=O) groups is 1. The van der Waals surface area contributed by atoms with Gasteiger partial charge >= 0.3 is 6.18 Å². The van der Waals surface area contributed by atoms with Crippen LogP contribution in [0.25, 0.3) is 0 Å². The van der Waals surface area contributed by atoms with Crippen LogP contribution >= 0.6 is 12.4 Å². The van der Waals surface area contributed by atoms with E-state index in [-0.39, 0.29) is 30.0 Å². The minimum absolute atomic E-state index is 0. The molecule has 26 heavy (non-hydrogen) atoms. The molecule has 4 nitrogen and oxygen atoms in total. The van der Waals surface area contributed by atoms with E-state index in [2.05, 4.69) is 5.32 Å². The lowest BCUT2D eigenvalue weighted by Gasteiger charge is -2.19. The van der Waals surface area contributed by atoms with E-state index in [0.717, 1.165) is 18.6 Å². The van der Waals surface area contributed by atoms with Crippen molar-refractivity contribution in [1.29, 1.82) is 0 Å². The highest BCUT2D eigenvalue weighted by atomic mass is 35.5. The van der Waals surface area contributed by atoms with Crippen LogP contribution in [0.1, 0.15) is 22.3 Å². The van der Waals surface area contributed by atoms with Gasteiger partial charge in [-0.25, -0.2) is 0 Å². The maximum absolute atomic E-state index is 12.9. The van der Waals surface area contributed by atoms with E-state index in [0.29, 0.717) is 24.3 Å². The molecule has 0 aliphatic carbocycles. The third kappa shape index (κ3) is 4.47. The number of hydrogen-bond acceptors (Lipinski definition) is 3. The molecule has 0 spiro atoms. The van der Waals surface area contributed by atoms with Crippen LogP contribution in [-0.2, 0) is 6.18 Å². The molecule has 1 atom stereocenters. The number of benzene rings is 2. The highest BCUT2D eigenvalue weighted by Gasteiger charge is 2.30. The van der Waals surface area contributed by atoms with Gasteiger partial charge in [-0.2, -0.15) is 13.2 Å². The summed E-state index contributed by atoms with van der Waals surface area (Å²) in [7, 11) is 0. The molecule has 2 aromatic carbocycles.